The topological polar surface area (TPSA) is 54.0 Å². The van der Waals surface area contributed by atoms with E-state index in [1.165, 1.54) is 0 Å². The van der Waals surface area contributed by atoms with Crippen LogP contribution in [0.15, 0.2) is 0 Å². The Morgan fingerprint density at radius 1 is 0.944 bits per heavy atom. The molecule has 0 spiro atoms. The van der Waals surface area contributed by atoms with Crippen molar-refractivity contribution in [1.82, 2.24) is 0 Å². The molecule has 0 bridgehead atoms. The summed E-state index contributed by atoms with van der Waals surface area (Å²) in [6.45, 7) is 7.29. The fourth-order valence-electron chi connectivity index (χ4n) is 1.12. The first-order chi connectivity index (χ1) is 8.72. The Kier molecular flexibility index (Phi) is 12.6. The molecule has 0 amide bonds. The zero-order chi connectivity index (χ0) is 13.6. The molecule has 0 rings (SSSR count). The number of ketones is 1. The van der Waals surface area contributed by atoms with Crippen molar-refractivity contribution in [2.24, 2.45) is 5.92 Å². The number of methoxy groups -OCH3 is 1. The largest absolute Gasteiger partial charge is 0.382 e. The summed E-state index contributed by atoms with van der Waals surface area (Å²) in [5, 5.41) is 0. The van der Waals surface area contributed by atoms with Crippen LogP contribution in [-0.2, 0) is 23.7 Å². The molecule has 0 saturated carbocycles. The number of hydrogen-bond acceptors (Lipinski definition) is 5. The molecule has 18 heavy (non-hydrogen) atoms. The van der Waals surface area contributed by atoms with Crippen molar-refractivity contribution < 1.29 is 23.7 Å². The minimum atomic E-state index is 0.0834. The quantitative estimate of drug-likeness (QED) is 0.468. The Hall–Kier alpha value is -0.490. The summed E-state index contributed by atoms with van der Waals surface area (Å²) in [5.41, 5.74) is 0. The van der Waals surface area contributed by atoms with Gasteiger partial charge in [0.2, 0.25) is 0 Å². The van der Waals surface area contributed by atoms with Crippen LogP contribution in [0.1, 0.15) is 20.3 Å². The van der Waals surface area contributed by atoms with E-state index >= 15 is 0 Å². The van der Waals surface area contributed by atoms with Crippen LogP contribution in [0.3, 0.4) is 0 Å². The van der Waals surface area contributed by atoms with Crippen molar-refractivity contribution in [2.75, 3.05) is 53.4 Å². The zero-order valence-electron chi connectivity index (χ0n) is 11.8. The summed E-state index contributed by atoms with van der Waals surface area (Å²) < 4.78 is 20.6. The fraction of sp³-hybridized carbons (Fsp3) is 0.923. The van der Waals surface area contributed by atoms with E-state index in [0.29, 0.717) is 39.6 Å². The molecule has 0 heterocycles. The molecule has 0 aliphatic rings. The molecule has 0 aromatic heterocycles. The lowest BCUT2D eigenvalue weighted by Gasteiger charge is -2.08. The molecule has 5 nitrogen and oxygen atoms in total. The van der Waals surface area contributed by atoms with E-state index in [-0.39, 0.29) is 18.3 Å². The molecule has 0 aliphatic heterocycles. The van der Waals surface area contributed by atoms with Gasteiger partial charge in [-0.05, 0) is 6.42 Å². The number of carbonyl (C=O) groups is 1. The molecule has 0 N–H and O–H groups in total. The molecular weight excluding hydrogens is 236 g/mol. The number of hydrogen-bond donors (Lipinski definition) is 0. The van der Waals surface area contributed by atoms with Crippen LogP contribution >= 0.6 is 0 Å². The van der Waals surface area contributed by atoms with E-state index in [1.54, 1.807) is 7.11 Å². The summed E-state index contributed by atoms with van der Waals surface area (Å²) in [4.78, 5) is 11.4. The lowest BCUT2D eigenvalue weighted by Crippen LogP contribution is -2.19. The van der Waals surface area contributed by atoms with E-state index in [0.717, 1.165) is 6.42 Å². The van der Waals surface area contributed by atoms with Gasteiger partial charge in [0.05, 0.1) is 39.6 Å². The van der Waals surface area contributed by atoms with Crippen LogP contribution in [0.2, 0.25) is 0 Å². The average Bonchev–Trinajstić information content (AvgIpc) is 2.39. The van der Waals surface area contributed by atoms with Crippen LogP contribution in [0.5, 0.6) is 0 Å². The highest BCUT2D eigenvalue weighted by Gasteiger charge is 2.09. The van der Waals surface area contributed by atoms with Gasteiger partial charge in [-0.25, -0.2) is 0 Å². The predicted octanol–water partition coefficient (Wildman–Crippen LogP) is 1.30. The first kappa shape index (κ1) is 17.5. The smallest absolute Gasteiger partial charge is 0.161 e. The number of ether oxygens (including phenoxy) is 4. The highest BCUT2D eigenvalue weighted by atomic mass is 16.6. The Bertz CT molecular complexity index is 196. The predicted molar refractivity (Wildman–Crippen MR) is 68.8 cm³/mol. The lowest BCUT2D eigenvalue weighted by molar-refractivity contribution is -0.127. The highest BCUT2D eigenvalue weighted by Crippen LogP contribution is 2.01. The minimum absolute atomic E-state index is 0.0834. The zero-order valence-corrected chi connectivity index (χ0v) is 11.8. The van der Waals surface area contributed by atoms with E-state index in [9.17, 15) is 4.79 Å². The van der Waals surface area contributed by atoms with Gasteiger partial charge in [-0.1, -0.05) is 13.8 Å². The molecule has 0 aromatic carbocycles. The molecule has 0 saturated heterocycles. The second-order valence-corrected chi connectivity index (χ2v) is 4.05. The van der Waals surface area contributed by atoms with Crippen LogP contribution in [0.25, 0.3) is 0 Å². The first-order valence-electron chi connectivity index (χ1n) is 6.47. The molecule has 0 aliphatic carbocycles. The van der Waals surface area contributed by atoms with Gasteiger partial charge in [0.25, 0.3) is 0 Å². The Labute approximate surface area is 110 Å². The summed E-state index contributed by atoms with van der Waals surface area (Å²) in [6.07, 6.45) is 0.859. The van der Waals surface area contributed by atoms with E-state index in [1.807, 2.05) is 13.8 Å². The third-order valence-electron chi connectivity index (χ3n) is 2.58. The average molecular weight is 262 g/mol. The van der Waals surface area contributed by atoms with Crippen molar-refractivity contribution in [3.8, 4) is 0 Å². The molecule has 0 radical (unpaired) electrons. The van der Waals surface area contributed by atoms with Crippen molar-refractivity contribution >= 4 is 5.78 Å². The van der Waals surface area contributed by atoms with Crippen molar-refractivity contribution in [1.29, 1.82) is 0 Å². The van der Waals surface area contributed by atoms with Gasteiger partial charge >= 0.3 is 0 Å². The van der Waals surface area contributed by atoms with Crippen LogP contribution in [0, 0.1) is 5.92 Å². The van der Waals surface area contributed by atoms with Crippen LogP contribution in [0.4, 0.5) is 0 Å². The number of rotatable bonds is 13. The van der Waals surface area contributed by atoms with Gasteiger partial charge in [0.1, 0.15) is 6.61 Å². The SMILES string of the molecule is CCC(C)C(=O)COCCOCCOCCOC. The summed E-state index contributed by atoms with van der Waals surface area (Å²) >= 11 is 0. The van der Waals surface area contributed by atoms with E-state index in [2.05, 4.69) is 0 Å². The van der Waals surface area contributed by atoms with Gasteiger partial charge in [0.15, 0.2) is 5.78 Å². The summed E-state index contributed by atoms with van der Waals surface area (Å²) in [7, 11) is 1.64. The van der Waals surface area contributed by atoms with E-state index < -0.39 is 0 Å². The minimum Gasteiger partial charge on any atom is -0.382 e. The summed E-state index contributed by atoms with van der Waals surface area (Å²) in [5.74, 6) is 0.237. The van der Waals surface area contributed by atoms with Crippen LogP contribution < -0.4 is 0 Å². The third-order valence-corrected chi connectivity index (χ3v) is 2.58. The maximum absolute atomic E-state index is 11.4. The van der Waals surface area contributed by atoms with Crippen molar-refractivity contribution in [3.05, 3.63) is 0 Å². The third kappa shape index (κ3) is 10.7. The molecule has 1 unspecified atom stereocenters. The molecule has 0 fully saturated rings. The first-order valence-corrected chi connectivity index (χ1v) is 6.47. The van der Waals surface area contributed by atoms with Crippen molar-refractivity contribution in [3.63, 3.8) is 0 Å². The highest BCUT2D eigenvalue weighted by molar-refractivity contribution is 5.81. The normalized spacial score (nSPS) is 12.6. The fourth-order valence-corrected chi connectivity index (χ4v) is 1.12. The second-order valence-electron chi connectivity index (χ2n) is 4.05. The lowest BCUT2D eigenvalue weighted by atomic mass is 10.1. The second kappa shape index (κ2) is 13.0. The maximum atomic E-state index is 11.4. The Morgan fingerprint density at radius 2 is 1.44 bits per heavy atom. The van der Waals surface area contributed by atoms with Gasteiger partial charge in [0, 0.05) is 13.0 Å². The Balaban J connectivity index is 3.14. The van der Waals surface area contributed by atoms with Gasteiger partial charge in [-0.2, -0.15) is 0 Å². The van der Waals surface area contributed by atoms with Crippen LogP contribution in [-0.4, -0.2) is 59.1 Å². The monoisotopic (exact) mass is 262 g/mol. The van der Waals surface area contributed by atoms with Gasteiger partial charge < -0.3 is 18.9 Å². The van der Waals surface area contributed by atoms with Gasteiger partial charge in [-0.15, -0.1) is 0 Å². The molecular formula is C13H26O5. The molecule has 1 atom stereocenters. The Morgan fingerprint density at radius 3 is 1.94 bits per heavy atom. The summed E-state index contributed by atoms with van der Waals surface area (Å²) in [6, 6.07) is 0. The molecule has 0 aromatic rings. The number of carbonyl (C=O) groups excluding carboxylic acids is 1. The maximum Gasteiger partial charge on any atom is 0.161 e. The van der Waals surface area contributed by atoms with Gasteiger partial charge in [-0.3, -0.25) is 4.79 Å². The number of Topliss-reactive ketones (excluding diaryl/α,β-unsaturated/α-hetero) is 1. The molecule has 5 heteroatoms. The van der Waals surface area contributed by atoms with E-state index in [4.69, 9.17) is 18.9 Å². The van der Waals surface area contributed by atoms with Crippen molar-refractivity contribution in [2.45, 2.75) is 20.3 Å². The standard InChI is InChI=1S/C13H26O5/c1-4-12(2)13(14)11-18-10-9-17-8-7-16-6-5-15-3/h12H,4-11H2,1-3H3. The molecule has 108 valence electrons.